The van der Waals surface area contributed by atoms with Crippen LogP contribution in [-0.2, 0) is 9.53 Å². The van der Waals surface area contributed by atoms with Crippen molar-refractivity contribution < 1.29 is 14.3 Å². The number of rotatable bonds is 2. The van der Waals surface area contributed by atoms with Crippen molar-refractivity contribution in [1.29, 1.82) is 0 Å². The Bertz CT molecular complexity index is 177. The maximum atomic E-state index is 10.8. The van der Waals surface area contributed by atoms with Gasteiger partial charge in [-0.3, -0.25) is 10.1 Å². The average molecular weight is 158 g/mol. The van der Waals surface area contributed by atoms with Gasteiger partial charge in [0.25, 0.3) is 0 Å². The van der Waals surface area contributed by atoms with E-state index in [1.165, 1.54) is 0 Å². The molecule has 0 aromatic carbocycles. The third-order valence-electron chi connectivity index (χ3n) is 1.47. The summed E-state index contributed by atoms with van der Waals surface area (Å²) in [7, 11) is 0. The Kier molecular flexibility index (Phi) is 2.43. The first-order chi connectivity index (χ1) is 5.18. The van der Waals surface area contributed by atoms with Gasteiger partial charge in [0, 0.05) is 6.61 Å². The van der Waals surface area contributed by atoms with E-state index >= 15 is 0 Å². The second-order valence-corrected chi connectivity index (χ2v) is 2.40. The zero-order valence-corrected chi connectivity index (χ0v) is 6.00. The lowest BCUT2D eigenvalue weighted by molar-refractivity contribution is -0.127. The minimum Gasteiger partial charge on any atom is -0.377 e. The van der Waals surface area contributed by atoms with Crippen LogP contribution in [0.4, 0.5) is 4.79 Å². The molecule has 11 heavy (non-hydrogen) atoms. The molecule has 0 aliphatic carbocycles. The number of nitrogens with one attached hydrogen (secondary N) is 1. The molecule has 5 nitrogen and oxygen atoms in total. The Morgan fingerprint density at radius 1 is 1.64 bits per heavy atom. The zero-order valence-electron chi connectivity index (χ0n) is 6.00. The molecule has 0 aromatic rings. The monoisotopic (exact) mass is 158 g/mol. The maximum Gasteiger partial charge on any atom is 0.318 e. The van der Waals surface area contributed by atoms with Gasteiger partial charge in [0.2, 0.25) is 5.91 Å². The number of urea groups is 1. The first kappa shape index (κ1) is 8.00. The molecule has 0 saturated carbocycles. The van der Waals surface area contributed by atoms with Gasteiger partial charge in [0.15, 0.2) is 0 Å². The molecule has 0 radical (unpaired) electrons. The molecule has 1 heterocycles. The average Bonchev–Trinajstić information content (AvgIpc) is 1.77. The molecule has 1 saturated heterocycles. The molecule has 1 aliphatic heterocycles. The summed E-state index contributed by atoms with van der Waals surface area (Å²) in [6.45, 7) is 0.703. The van der Waals surface area contributed by atoms with Crippen molar-refractivity contribution in [1.82, 2.24) is 5.32 Å². The normalized spacial score (nSPS) is 22.0. The summed E-state index contributed by atoms with van der Waals surface area (Å²) in [4.78, 5) is 20.9. The van der Waals surface area contributed by atoms with Gasteiger partial charge < -0.3 is 10.5 Å². The van der Waals surface area contributed by atoms with Crippen molar-refractivity contribution in [2.75, 3.05) is 6.61 Å². The van der Waals surface area contributed by atoms with Crippen LogP contribution in [0.2, 0.25) is 0 Å². The van der Waals surface area contributed by atoms with E-state index in [0.29, 0.717) is 6.61 Å². The summed E-state index contributed by atoms with van der Waals surface area (Å²) < 4.78 is 4.97. The van der Waals surface area contributed by atoms with Crippen molar-refractivity contribution in [3.63, 3.8) is 0 Å². The number of primary amides is 1. The van der Waals surface area contributed by atoms with Gasteiger partial charge in [-0.1, -0.05) is 0 Å². The Morgan fingerprint density at radius 3 is 2.64 bits per heavy atom. The van der Waals surface area contributed by atoms with Gasteiger partial charge in [-0.15, -0.1) is 0 Å². The molecule has 0 bridgehead atoms. The highest BCUT2D eigenvalue weighted by atomic mass is 16.5. The van der Waals surface area contributed by atoms with Crippen molar-refractivity contribution in [3.05, 3.63) is 0 Å². The maximum absolute atomic E-state index is 10.8. The summed E-state index contributed by atoms with van der Waals surface area (Å²) in [5, 5.41) is 1.96. The first-order valence-corrected chi connectivity index (χ1v) is 3.39. The second kappa shape index (κ2) is 3.34. The molecular formula is C6H10N2O3. The number of carbonyl (C=O) groups is 2. The summed E-state index contributed by atoms with van der Waals surface area (Å²) in [6.07, 6.45) is 1.09. The molecular weight excluding hydrogens is 148 g/mol. The molecule has 1 rings (SSSR count). The van der Waals surface area contributed by atoms with Crippen LogP contribution in [-0.4, -0.2) is 24.6 Å². The lowest BCUT2D eigenvalue weighted by Gasteiger charge is -2.25. The fourth-order valence-electron chi connectivity index (χ4n) is 0.841. The number of imide groups is 1. The van der Waals surface area contributed by atoms with Gasteiger partial charge in [-0.25, -0.2) is 4.79 Å². The van der Waals surface area contributed by atoms with Crippen LogP contribution >= 0.6 is 0 Å². The van der Waals surface area contributed by atoms with Gasteiger partial charge in [-0.05, 0) is 6.42 Å². The molecule has 3 N–H and O–H groups in total. The van der Waals surface area contributed by atoms with Gasteiger partial charge in [0.05, 0.1) is 12.5 Å². The van der Waals surface area contributed by atoms with E-state index in [9.17, 15) is 9.59 Å². The minimum atomic E-state index is -0.811. The molecule has 1 fully saturated rings. The molecule has 3 amide bonds. The minimum absolute atomic E-state index is 0.0191. The fraction of sp³-hybridized carbons (Fsp3) is 0.667. The quantitative estimate of drug-likeness (QED) is 0.560. The van der Waals surface area contributed by atoms with E-state index < -0.39 is 6.03 Å². The predicted molar refractivity (Wildman–Crippen MR) is 36.7 cm³/mol. The summed E-state index contributed by atoms with van der Waals surface area (Å²) >= 11 is 0. The van der Waals surface area contributed by atoms with E-state index in [-0.39, 0.29) is 18.4 Å². The molecule has 1 aliphatic rings. The molecule has 5 heteroatoms. The summed E-state index contributed by atoms with van der Waals surface area (Å²) in [6, 6.07) is -0.811. The molecule has 1 atom stereocenters. The van der Waals surface area contributed by atoms with Crippen molar-refractivity contribution in [2.45, 2.75) is 18.9 Å². The largest absolute Gasteiger partial charge is 0.377 e. The molecule has 62 valence electrons. The summed E-state index contributed by atoms with van der Waals surface area (Å²) in [5.41, 5.74) is 4.72. The Labute approximate surface area is 63.9 Å². The highest BCUT2D eigenvalue weighted by Gasteiger charge is 2.21. The number of hydrogen-bond donors (Lipinski definition) is 2. The fourth-order valence-corrected chi connectivity index (χ4v) is 0.841. The molecule has 0 aromatic heterocycles. The highest BCUT2D eigenvalue weighted by molar-refractivity contribution is 5.93. The van der Waals surface area contributed by atoms with Crippen LogP contribution in [0.5, 0.6) is 0 Å². The molecule has 0 spiro atoms. The van der Waals surface area contributed by atoms with E-state index in [0.717, 1.165) is 6.42 Å². The van der Waals surface area contributed by atoms with E-state index in [2.05, 4.69) is 0 Å². The first-order valence-electron chi connectivity index (χ1n) is 3.39. The number of carbonyl (C=O) groups excluding carboxylic acids is 2. The topological polar surface area (TPSA) is 81.4 Å². The SMILES string of the molecule is NC(=O)NC(=O)C[C@H]1CCO1. The standard InChI is InChI=1S/C6H10N2O3/c7-6(10)8-5(9)3-4-1-2-11-4/h4H,1-3H2,(H3,7,8,9,10)/t4-/m1/s1. The van der Waals surface area contributed by atoms with E-state index in [1.54, 1.807) is 0 Å². The summed E-state index contributed by atoms with van der Waals surface area (Å²) in [5.74, 6) is -0.373. The van der Waals surface area contributed by atoms with Crippen LogP contribution in [0.25, 0.3) is 0 Å². The number of ether oxygens (including phenoxy) is 1. The number of amides is 3. The Morgan fingerprint density at radius 2 is 2.27 bits per heavy atom. The predicted octanol–water partition coefficient (Wildman–Crippen LogP) is -0.640. The number of nitrogens with two attached hydrogens (primary N) is 1. The van der Waals surface area contributed by atoms with Crippen molar-refractivity contribution in [2.24, 2.45) is 5.73 Å². The smallest absolute Gasteiger partial charge is 0.318 e. The van der Waals surface area contributed by atoms with Crippen molar-refractivity contribution in [3.8, 4) is 0 Å². The van der Waals surface area contributed by atoms with E-state index in [4.69, 9.17) is 10.5 Å². The van der Waals surface area contributed by atoms with Gasteiger partial charge in [0.1, 0.15) is 0 Å². The third-order valence-corrected chi connectivity index (χ3v) is 1.47. The highest BCUT2D eigenvalue weighted by Crippen LogP contribution is 2.13. The van der Waals surface area contributed by atoms with Crippen LogP contribution < -0.4 is 11.1 Å². The lowest BCUT2D eigenvalue weighted by Crippen LogP contribution is -2.39. The second-order valence-electron chi connectivity index (χ2n) is 2.40. The zero-order chi connectivity index (χ0) is 8.27. The lowest BCUT2D eigenvalue weighted by atomic mass is 10.1. The van der Waals surface area contributed by atoms with Crippen LogP contribution in [0.3, 0.4) is 0 Å². The third kappa shape index (κ3) is 2.55. The van der Waals surface area contributed by atoms with Crippen LogP contribution in [0.15, 0.2) is 0 Å². The van der Waals surface area contributed by atoms with Crippen molar-refractivity contribution >= 4 is 11.9 Å². The van der Waals surface area contributed by atoms with Gasteiger partial charge in [-0.2, -0.15) is 0 Å². The Hall–Kier alpha value is -1.10. The van der Waals surface area contributed by atoms with E-state index in [1.807, 2.05) is 5.32 Å². The molecule has 0 unspecified atom stereocenters. The van der Waals surface area contributed by atoms with Crippen LogP contribution in [0, 0.1) is 0 Å². The number of hydrogen-bond acceptors (Lipinski definition) is 3. The van der Waals surface area contributed by atoms with Crippen LogP contribution in [0.1, 0.15) is 12.8 Å². The Balaban J connectivity index is 2.14. The van der Waals surface area contributed by atoms with Gasteiger partial charge >= 0.3 is 6.03 Å².